The van der Waals surface area contributed by atoms with Gasteiger partial charge in [-0.25, -0.2) is 0 Å². The molecular formula is C19H31N2O3+. The van der Waals surface area contributed by atoms with Crippen LogP contribution < -0.4 is 19.7 Å². The van der Waals surface area contributed by atoms with E-state index in [0.29, 0.717) is 6.04 Å². The van der Waals surface area contributed by atoms with Crippen LogP contribution in [0.1, 0.15) is 44.6 Å². The average molecular weight is 335 g/mol. The number of carbonyl (C=O) groups excluding carboxylic acids is 1. The maximum Gasteiger partial charge on any atom is 0.278 e. The summed E-state index contributed by atoms with van der Waals surface area (Å²) in [6, 6.07) is 6.08. The molecule has 0 spiro atoms. The molecule has 0 radical (unpaired) electrons. The van der Waals surface area contributed by atoms with E-state index in [1.54, 1.807) is 14.2 Å². The molecule has 0 aliphatic heterocycles. The topological polar surface area (TPSA) is 52.0 Å². The smallest absolute Gasteiger partial charge is 0.278 e. The highest BCUT2D eigenvalue weighted by Crippen LogP contribution is 2.23. The Kier molecular flexibility index (Phi) is 6.91. The van der Waals surface area contributed by atoms with Crippen molar-refractivity contribution in [2.75, 3.05) is 21.3 Å². The van der Waals surface area contributed by atoms with E-state index in [4.69, 9.17) is 9.47 Å². The van der Waals surface area contributed by atoms with Gasteiger partial charge in [0.25, 0.3) is 5.91 Å². The van der Waals surface area contributed by atoms with Crippen LogP contribution in [0, 0.1) is 0 Å². The number of methoxy groups -OCH3 is 2. The van der Waals surface area contributed by atoms with Gasteiger partial charge >= 0.3 is 0 Å². The highest BCUT2D eigenvalue weighted by atomic mass is 16.5. The predicted octanol–water partition coefficient (Wildman–Crippen LogP) is 1.56. The third-order valence-corrected chi connectivity index (χ3v) is 5.05. The van der Waals surface area contributed by atoms with E-state index in [0.717, 1.165) is 41.3 Å². The van der Waals surface area contributed by atoms with E-state index in [-0.39, 0.29) is 11.9 Å². The van der Waals surface area contributed by atoms with Crippen LogP contribution in [0.15, 0.2) is 18.2 Å². The summed E-state index contributed by atoms with van der Waals surface area (Å²) >= 11 is 0. The summed E-state index contributed by atoms with van der Waals surface area (Å²) in [5.41, 5.74) is 1.08. The van der Waals surface area contributed by atoms with Crippen molar-refractivity contribution >= 4 is 5.91 Å². The minimum Gasteiger partial charge on any atom is -0.497 e. The van der Waals surface area contributed by atoms with Gasteiger partial charge in [-0.1, -0.05) is 19.3 Å². The number of carbonyl (C=O) groups is 1. The standard InChI is InChI=1S/C19H30N2O3/c1-14(19(22)20-16-8-6-5-7-9-16)21(2)13-15-10-11-17(23-3)12-18(15)24-4/h10-12,14,16H,5-9,13H2,1-4H3,(H,20,22)/p+1/t14-/m0/s1. The van der Waals surface area contributed by atoms with Crippen LogP contribution in [0.3, 0.4) is 0 Å². The van der Waals surface area contributed by atoms with Gasteiger partial charge in [0, 0.05) is 17.7 Å². The molecular weight excluding hydrogens is 304 g/mol. The van der Waals surface area contributed by atoms with Crippen LogP contribution >= 0.6 is 0 Å². The Morgan fingerprint density at radius 2 is 1.96 bits per heavy atom. The largest absolute Gasteiger partial charge is 0.497 e. The molecule has 5 heteroatoms. The van der Waals surface area contributed by atoms with Gasteiger partial charge in [0.05, 0.1) is 21.3 Å². The summed E-state index contributed by atoms with van der Waals surface area (Å²) in [6.07, 6.45) is 5.98. The number of ether oxygens (including phenoxy) is 2. The Labute approximate surface area is 145 Å². The zero-order chi connectivity index (χ0) is 17.5. The SMILES string of the molecule is COc1ccc(C[NH+](C)[C@@H](C)C(=O)NC2CCCCC2)c(OC)c1. The van der Waals surface area contributed by atoms with Crippen molar-refractivity contribution in [2.45, 2.75) is 57.7 Å². The lowest BCUT2D eigenvalue weighted by atomic mass is 9.95. The monoisotopic (exact) mass is 335 g/mol. The van der Waals surface area contributed by atoms with Crippen molar-refractivity contribution in [3.63, 3.8) is 0 Å². The number of hydrogen-bond acceptors (Lipinski definition) is 3. The Hall–Kier alpha value is -1.75. The zero-order valence-corrected chi connectivity index (χ0v) is 15.4. The van der Waals surface area contributed by atoms with E-state index in [1.807, 2.05) is 25.1 Å². The fraction of sp³-hybridized carbons (Fsp3) is 0.632. The van der Waals surface area contributed by atoms with Gasteiger partial charge in [-0.15, -0.1) is 0 Å². The third kappa shape index (κ3) is 4.87. The van der Waals surface area contributed by atoms with E-state index in [1.165, 1.54) is 19.3 Å². The number of amides is 1. The van der Waals surface area contributed by atoms with E-state index in [9.17, 15) is 4.79 Å². The molecule has 1 aliphatic carbocycles. The molecule has 0 heterocycles. The fourth-order valence-electron chi connectivity index (χ4n) is 3.25. The molecule has 0 aromatic heterocycles. The fourth-order valence-corrected chi connectivity index (χ4v) is 3.25. The van der Waals surface area contributed by atoms with E-state index < -0.39 is 0 Å². The number of likely N-dealkylation sites (N-methyl/N-ethyl adjacent to an activating group) is 1. The third-order valence-electron chi connectivity index (χ3n) is 5.05. The second kappa shape index (κ2) is 8.92. The first-order chi connectivity index (χ1) is 11.5. The van der Waals surface area contributed by atoms with Crippen molar-refractivity contribution in [1.29, 1.82) is 0 Å². The van der Waals surface area contributed by atoms with Gasteiger partial charge in [0.1, 0.15) is 18.0 Å². The number of nitrogens with one attached hydrogen (secondary N) is 2. The molecule has 1 aromatic carbocycles. The number of hydrogen-bond donors (Lipinski definition) is 2. The van der Waals surface area contributed by atoms with Crippen molar-refractivity contribution < 1.29 is 19.2 Å². The van der Waals surface area contributed by atoms with E-state index >= 15 is 0 Å². The van der Waals surface area contributed by atoms with Crippen LogP contribution in [-0.2, 0) is 11.3 Å². The lowest BCUT2D eigenvalue weighted by molar-refractivity contribution is -0.908. The van der Waals surface area contributed by atoms with Gasteiger partial charge in [0.15, 0.2) is 6.04 Å². The second-order valence-corrected chi connectivity index (χ2v) is 6.77. The van der Waals surface area contributed by atoms with Crippen LogP contribution in [-0.4, -0.2) is 39.3 Å². The first-order valence-corrected chi connectivity index (χ1v) is 8.88. The van der Waals surface area contributed by atoms with Crippen molar-refractivity contribution in [1.82, 2.24) is 5.32 Å². The molecule has 134 valence electrons. The summed E-state index contributed by atoms with van der Waals surface area (Å²) in [5, 5.41) is 3.22. The summed E-state index contributed by atoms with van der Waals surface area (Å²) in [7, 11) is 5.35. The maximum absolute atomic E-state index is 12.5. The summed E-state index contributed by atoms with van der Waals surface area (Å²) < 4.78 is 10.7. The lowest BCUT2D eigenvalue weighted by Gasteiger charge is -2.27. The zero-order valence-electron chi connectivity index (χ0n) is 15.4. The van der Waals surface area contributed by atoms with Gasteiger partial charge in [-0.05, 0) is 31.9 Å². The summed E-state index contributed by atoms with van der Waals surface area (Å²) in [6.45, 7) is 2.72. The first-order valence-electron chi connectivity index (χ1n) is 8.88. The highest BCUT2D eigenvalue weighted by Gasteiger charge is 2.25. The summed E-state index contributed by atoms with van der Waals surface area (Å²) in [5.74, 6) is 1.72. The molecule has 1 fully saturated rings. The second-order valence-electron chi connectivity index (χ2n) is 6.77. The Bertz CT molecular complexity index is 541. The molecule has 1 aromatic rings. The molecule has 2 atom stereocenters. The molecule has 2 N–H and O–H groups in total. The average Bonchev–Trinajstić information content (AvgIpc) is 2.62. The molecule has 1 unspecified atom stereocenters. The van der Waals surface area contributed by atoms with E-state index in [2.05, 4.69) is 12.4 Å². The molecule has 2 rings (SSSR count). The molecule has 1 aliphatic rings. The molecule has 0 bridgehead atoms. The molecule has 0 saturated heterocycles. The quantitative estimate of drug-likeness (QED) is 0.795. The molecule has 24 heavy (non-hydrogen) atoms. The lowest BCUT2D eigenvalue weighted by Crippen LogP contribution is -3.12. The van der Waals surface area contributed by atoms with Crippen molar-refractivity contribution in [3.8, 4) is 11.5 Å². The minimum atomic E-state index is -0.0984. The Balaban J connectivity index is 1.95. The molecule has 1 amide bonds. The number of benzene rings is 1. The van der Waals surface area contributed by atoms with Crippen molar-refractivity contribution in [3.05, 3.63) is 23.8 Å². The van der Waals surface area contributed by atoms with Crippen LogP contribution in [0.2, 0.25) is 0 Å². The minimum absolute atomic E-state index is 0.0984. The van der Waals surface area contributed by atoms with Crippen LogP contribution in [0.25, 0.3) is 0 Å². The Morgan fingerprint density at radius 1 is 1.25 bits per heavy atom. The van der Waals surface area contributed by atoms with Gasteiger partial charge in [-0.3, -0.25) is 4.79 Å². The Morgan fingerprint density at radius 3 is 2.58 bits per heavy atom. The highest BCUT2D eigenvalue weighted by molar-refractivity contribution is 5.80. The molecule has 5 nitrogen and oxygen atoms in total. The van der Waals surface area contributed by atoms with Crippen molar-refractivity contribution in [2.24, 2.45) is 0 Å². The van der Waals surface area contributed by atoms with Crippen LogP contribution in [0.5, 0.6) is 11.5 Å². The maximum atomic E-state index is 12.5. The summed E-state index contributed by atoms with van der Waals surface area (Å²) in [4.78, 5) is 13.7. The van der Waals surface area contributed by atoms with Gasteiger partial charge in [-0.2, -0.15) is 0 Å². The molecule has 1 saturated carbocycles. The van der Waals surface area contributed by atoms with Crippen LogP contribution in [0.4, 0.5) is 0 Å². The first kappa shape index (κ1) is 18.6. The number of quaternary nitrogens is 1. The van der Waals surface area contributed by atoms with Gasteiger partial charge in [0.2, 0.25) is 0 Å². The number of rotatable bonds is 7. The normalized spacial score (nSPS) is 17.8. The van der Waals surface area contributed by atoms with Gasteiger partial charge < -0.3 is 19.7 Å². The predicted molar refractivity (Wildman–Crippen MR) is 94.6 cm³/mol.